The van der Waals surface area contributed by atoms with E-state index in [1.54, 1.807) is 0 Å². The molecule has 1 saturated heterocycles. The number of hydrogen-bond acceptors (Lipinski definition) is 3. The Morgan fingerprint density at radius 1 is 1.43 bits per heavy atom. The summed E-state index contributed by atoms with van der Waals surface area (Å²) in [4.78, 5) is 0. The fourth-order valence-electron chi connectivity index (χ4n) is 2.25. The molecule has 3 nitrogen and oxygen atoms in total. The van der Waals surface area contributed by atoms with Gasteiger partial charge < -0.3 is 15.2 Å². The zero-order valence-electron chi connectivity index (χ0n) is 8.79. The summed E-state index contributed by atoms with van der Waals surface area (Å²) in [5.74, 6) is 0. The first-order chi connectivity index (χ1) is 6.72. The Labute approximate surface area is 85.3 Å². The van der Waals surface area contributed by atoms with E-state index in [1.807, 2.05) is 6.26 Å². The molecular weight excluding hydrogens is 178 g/mol. The molecule has 0 aromatic carbocycles. The van der Waals surface area contributed by atoms with E-state index in [-0.39, 0.29) is 11.6 Å². The van der Waals surface area contributed by atoms with E-state index in [0.717, 1.165) is 38.9 Å². The van der Waals surface area contributed by atoms with Gasteiger partial charge in [0.15, 0.2) is 0 Å². The lowest BCUT2D eigenvalue weighted by Gasteiger charge is -2.33. The van der Waals surface area contributed by atoms with Crippen LogP contribution in [0.4, 0.5) is 0 Å². The second kappa shape index (κ2) is 3.91. The summed E-state index contributed by atoms with van der Waals surface area (Å²) in [5.41, 5.74) is 7.26. The van der Waals surface area contributed by atoms with Gasteiger partial charge in [0.25, 0.3) is 0 Å². The van der Waals surface area contributed by atoms with Crippen LogP contribution < -0.4 is 5.73 Å². The van der Waals surface area contributed by atoms with Crippen molar-refractivity contribution in [1.82, 2.24) is 0 Å². The van der Waals surface area contributed by atoms with Crippen molar-refractivity contribution in [2.24, 2.45) is 5.73 Å². The summed E-state index contributed by atoms with van der Waals surface area (Å²) >= 11 is 0. The van der Waals surface area contributed by atoms with Gasteiger partial charge in [0.2, 0.25) is 0 Å². The van der Waals surface area contributed by atoms with Gasteiger partial charge in [-0.3, -0.25) is 0 Å². The van der Waals surface area contributed by atoms with E-state index < -0.39 is 0 Å². The highest BCUT2D eigenvalue weighted by atomic mass is 16.5. The normalized spacial score (nSPS) is 34.9. The van der Waals surface area contributed by atoms with Crippen molar-refractivity contribution in [3.63, 3.8) is 0 Å². The molecule has 2 heterocycles. The van der Waals surface area contributed by atoms with Gasteiger partial charge >= 0.3 is 0 Å². The Balaban J connectivity index is 2.05. The second-order valence-corrected chi connectivity index (χ2v) is 4.41. The molecule has 2 N–H and O–H groups in total. The van der Waals surface area contributed by atoms with E-state index in [0.29, 0.717) is 0 Å². The van der Waals surface area contributed by atoms with Crippen LogP contribution >= 0.6 is 0 Å². The van der Waals surface area contributed by atoms with Crippen LogP contribution in [0.25, 0.3) is 0 Å². The molecule has 0 aliphatic carbocycles. The molecule has 1 fully saturated rings. The Bertz CT molecular complexity index is 231. The first-order valence-corrected chi connectivity index (χ1v) is 5.42. The summed E-state index contributed by atoms with van der Waals surface area (Å²) < 4.78 is 11.0. The molecular formula is C11H19NO2. The smallest absolute Gasteiger partial charge is 0.0876 e. The SMILES string of the molecule is CC1(C(N)C2=COCCC2)CCCO1. The van der Waals surface area contributed by atoms with E-state index >= 15 is 0 Å². The molecule has 0 bridgehead atoms. The van der Waals surface area contributed by atoms with Gasteiger partial charge in [-0.2, -0.15) is 0 Å². The van der Waals surface area contributed by atoms with Crippen LogP contribution in [0.15, 0.2) is 11.8 Å². The third-order valence-corrected chi connectivity index (χ3v) is 3.27. The Morgan fingerprint density at radius 2 is 2.29 bits per heavy atom. The zero-order valence-corrected chi connectivity index (χ0v) is 8.79. The average Bonchev–Trinajstić information content (AvgIpc) is 2.67. The summed E-state index contributed by atoms with van der Waals surface area (Å²) in [5, 5.41) is 0. The fraction of sp³-hybridized carbons (Fsp3) is 0.818. The van der Waals surface area contributed by atoms with Crippen LogP contribution in [-0.2, 0) is 9.47 Å². The lowest BCUT2D eigenvalue weighted by molar-refractivity contribution is 0.00516. The minimum atomic E-state index is -0.160. The molecule has 3 heteroatoms. The lowest BCUT2D eigenvalue weighted by atomic mass is 9.86. The molecule has 0 amide bonds. The molecule has 0 radical (unpaired) electrons. The Hall–Kier alpha value is -0.540. The van der Waals surface area contributed by atoms with Gasteiger partial charge in [0.05, 0.1) is 24.5 Å². The van der Waals surface area contributed by atoms with Crippen molar-refractivity contribution < 1.29 is 9.47 Å². The van der Waals surface area contributed by atoms with Gasteiger partial charge in [-0.1, -0.05) is 0 Å². The molecule has 0 aromatic rings. The maximum atomic E-state index is 6.21. The topological polar surface area (TPSA) is 44.5 Å². The molecule has 2 aliphatic heterocycles. The third kappa shape index (κ3) is 1.79. The van der Waals surface area contributed by atoms with Crippen LogP contribution in [-0.4, -0.2) is 24.9 Å². The van der Waals surface area contributed by atoms with Crippen molar-refractivity contribution in [3.05, 3.63) is 11.8 Å². The molecule has 2 atom stereocenters. The Kier molecular flexibility index (Phi) is 2.79. The maximum absolute atomic E-state index is 6.21. The van der Waals surface area contributed by atoms with Crippen molar-refractivity contribution >= 4 is 0 Å². The number of hydrogen-bond donors (Lipinski definition) is 1. The molecule has 2 unspecified atom stereocenters. The van der Waals surface area contributed by atoms with Gasteiger partial charge in [-0.05, 0) is 38.2 Å². The van der Waals surface area contributed by atoms with Crippen LogP contribution in [0.5, 0.6) is 0 Å². The van der Waals surface area contributed by atoms with Crippen molar-refractivity contribution in [2.75, 3.05) is 13.2 Å². The quantitative estimate of drug-likeness (QED) is 0.731. The summed E-state index contributed by atoms with van der Waals surface area (Å²) in [7, 11) is 0. The third-order valence-electron chi connectivity index (χ3n) is 3.27. The predicted molar refractivity (Wildman–Crippen MR) is 54.8 cm³/mol. The summed E-state index contributed by atoms with van der Waals surface area (Å²) in [6.07, 6.45) is 6.15. The molecule has 0 saturated carbocycles. The average molecular weight is 197 g/mol. The molecule has 2 rings (SSSR count). The van der Waals surface area contributed by atoms with Crippen molar-refractivity contribution in [1.29, 1.82) is 0 Å². The van der Waals surface area contributed by atoms with Gasteiger partial charge in [0, 0.05) is 6.61 Å². The number of ether oxygens (including phenoxy) is 2. The predicted octanol–water partition coefficient (Wildman–Crippen LogP) is 1.58. The molecule has 80 valence electrons. The lowest BCUT2D eigenvalue weighted by Crippen LogP contribution is -2.46. The highest BCUT2D eigenvalue weighted by molar-refractivity contribution is 5.16. The molecule has 14 heavy (non-hydrogen) atoms. The molecule has 0 aromatic heterocycles. The highest BCUT2D eigenvalue weighted by Crippen LogP contribution is 2.32. The van der Waals surface area contributed by atoms with Crippen molar-refractivity contribution in [3.8, 4) is 0 Å². The fourth-order valence-corrected chi connectivity index (χ4v) is 2.25. The van der Waals surface area contributed by atoms with Crippen LogP contribution in [0.3, 0.4) is 0 Å². The van der Waals surface area contributed by atoms with Gasteiger partial charge in [-0.25, -0.2) is 0 Å². The van der Waals surface area contributed by atoms with Gasteiger partial charge in [0.1, 0.15) is 0 Å². The summed E-state index contributed by atoms with van der Waals surface area (Å²) in [6, 6.07) is 0.00491. The van der Waals surface area contributed by atoms with Crippen LogP contribution in [0.2, 0.25) is 0 Å². The first-order valence-electron chi connectivity index (χ1n) is 5.42. The summed E-state index contributed by atoms with van der Waals surface area (Å²) in [6.45, 7) is 3.78. The van der Waals surface area contributed by atoms with Gasteiger partial charge in [-0.15, -0.1) is 0 Å². The van der Waals surface area contributed by atoms with E-state index in [9.17, 15) is 0 Å². The molecule has 0 spiro atoms. The van der Waals surface area contributed by atoms with Crippen LogP contribution in [0, 0.1) is 0 Å². The van der Waals surface area contributed by atoms with Crippen molar-refractivity contribution in [2.45, 2.75) is 44.2 Å². The Morgan fingerprint density at radius 3 is 2.86 bits per heavy atom. The number of rotatable bonds is 2. The monoisotopic (exact) mass is 197 g/mol. The first kappa shape index (κ1) is 9.99. The van der Waals surface area contributed by atoms with Crippen LogP contribution in [0.1, 0.15) is 32.6 Å². The minimum Gasteiger partial charge on any atom is -0.501 e. The zero-order chi connectivity index (χ0) is 10.0. The van der Waals surface area contributed by atoms with E-state index in [2.05, 4.69) is 6.92 Å². The standard InChI is InChI=1S/C11H19NO2/c1-11(5-3-7-14-11)10(12)9-4-2-6-13-8-9/h8,10H,2-7,12H2,1H3. The minimum absolute atomic E-state index is 0.00491. The van der Waals surface area contributed by atoms with E-state index in [1.165, 1.54) is 5.57 Å². The second-order valence-electron chi connectivity index (χ2n) is 4.41. The number of nitrogens with two attached hydrogens (primary N) is 1. The molecule has 2 aliphatic rings. The highest BCUT2D eigenvalue weighted by Gasteiger charge is 2.38. The maximum Gasteiger partial charge on any atom is 0.0876 e. The van der Waals surface area contributed by atoms with E-state index in [4.69, 9.17) is 15.2 Å². The largest absolute Gasteiger partial charge is 0.501 e.